The molecule has 0 unspecified atom stereocenters. The number of piperidine rings is 1. The molecule has 1 aromatic rings. The van der Waals surface area contributed by atoms with Crippen molar-refractivity contribution in [2.45, 2.75) is 57.0 Å². The van der Waals surface area contributed by atoms with Crippen LogP contribution in [0.1, 0.15) is 56.0 Å². The molecule has 2 aliphatic heterocycles. The Morgan fingerprint density at radius 2 is 1.95 bits per heavy atom. The van der Waals surface area contributed by atoms with Crippen molar-refractivity contribution in [1.29, 1.82) is 0 Å². The number of amides is 1. The minimum Gasteiger partial charge on any atom is -0.340 e. The lowest BCUT2D eigenvalue weighted by Crippen LogP contribution is -2.45. The van der Waals surface area contributed by atoms with Crippen molar-refractivity contribution >= 4 is 5.91 Å². The van der Waals surface area contributed by atoms with E-state index in [2.05, 4.69) is 14.8 Å². The molecule has 1 aliphatic carbocycles. The highest BCUT2D eigenvalue weighted by Crippen LogP contribution is 2.37. The Kier molecular flexibility index (Phi) is 3.82. The van der Waals surface area contributed by atoms with Gasteiger partial charge < -0.3 is 4.90 Å². The van der Waals surface area contributed by atoms with Crippen LogP contribution in [0.15, 0.2) is 12.3 Å². The van der Waals surface area contributed by atoms with Gasteiger partial charge in [0.2, 0.25) is 5.91 Å². The molecule has 4 rings (SSSR count). The summed E-state index contributed by atoms with van der Waals surface area (Å²) in [4.78, 5) is 25.5. The van der Waals surface area contributed by atoms with Gasteiger partial charge in [-0.2, -0.15) is 0 Å². The standard InChI is InChI=1S/C17H24N4O/c22-16-2-1-9-21(16)15-6-10-20(11-7-15)12-14-5-8-18-17(19-14)13-3-4-13/h5,8,13,15H,1-4,6-7,9-12H2. The summed E-state index contributed by atoms with van der Waals surface area (Å²) in [7, 11) is 0. The third-order valence-corrected chi connectivity index (χ3v) is 5.17. The van der Waals surface area contributed by atoms with Crippen molar-refractivity contribution in [2.24, 2.45) is 0 Å². The van der Waals surface area contributed by atoms with Gasteiger partial charge in [-0.1, -0.05) is 0 Å². The lowest BCUT2D eigenvalue weighted by molar-refractivity contribution is -0.130. The second kappa shape index (κ2) is 5.95. The molecule has 0 aromatic carbocycles. The van der Waals surface area contributed by atoms with Crippen molar-refractivity contribution in [3.05, 3.63) is 23.8 Å². The van der Waals surface area contributed by atoms with Crippen LogP contribution in [-0.4, -0.2) is 51.4 Å². The molecule has 1 aromatic heterocycles. The number of aromatic nitrogens is 2. The van der Waals surface area contributed by atoms with Gasteiger partial charge in [-0.15, -0.1) is 0 Å². The third-order valence-electron chi connectivity index (χ3n) is 5.17. The van der Waals surface area contributed by atoms with Crippen molar-refractivity contribution in [1.82, 2.24) is 19.8 Å². The first-order valence-electron chi connectivity index (χ1n) is 8.63. The van der Waals surface area contributed by atoms with E-state index >= 15 is 0 Å². The van der Waals surface area contributed by atoms with Crippen LogP contribution in [0, 0.1) is 0 Å². The predicted molar refractivity (Wildman–Crippen MR) is 83.3 cm³/mol. The monoisotopic (exact) mass is 300 g/mol. The zero-order valence-electron chi connectivity index (χ0n) is 13.1. The van der Waals surface area contributed by atoms with Gasteiger partial charge in [0.05, 0.1) is 5.69 Å². The topological polar surface area (TPSA) is 49.3 Å². The van der Waals surface area contributed by atoms with Crippen LogP contribution in [0.4, 0.5) is 0 Å². The van der Waals surface area contributed by atoms with Crippen molar-refractivity contribution in [3.63, 3.8) is 0 Å². The first-order chi connectivity index (χ1) is 10.8. The lowest BCUT2D eigenvalue weighted by atomic mass is 10.0. The van der Waals surface area contributed by atoms with E-state index in [1.165, 1.54) is 12.8 Å². The maximum absolute atomic E-state index is 11.8. The van der Waals surface area contributed by atoms with Gasteiger partial charge in [0.25, 0.3) is 0 Å². The number of hydrogen-bond acceptors (Lipinski definition) is 4. The minimum atomic E-state index is 0.364. The van der Waals surface area contributed by atoms with E-state index < -0.39 is 0 Å². The fourth-order valence-electron chi connectivity index (χ4n) is 3.71. The third kappa shape index (κ3) is 3.00. The van der Waals surface area contributed by atoms with E-state index in [9.17, 15) is 4.79 Å². The van der Waals surface area contributed by atoms with Crippen LogP contribution in [0.5, 0.6) is 0 Å². The van der Waals surface area contributed by atoms with Crippen LogP contribution < -0.4 is 0 Å². The van der Waals surface area contributed by atoms with Gasteiger partial charge in [0.15, 0.2) is 0 Å². The van der Waals surface area contributed by atoms with Gasteiger partial charge in [0.1, 0.15) is 5.82 Å². The molecule has 118 valence electrons. The molecule has 0 radical (unpaired) electrons. The van der Waals surface area contributed by atoms with E-state index in [0.29, 0.717) is 17.9 Å². The Labute approximate surface area is 131 Å². The van der Waals surface area contributed by atoms with Crippen LogP contribution in [0.25, 0.3) is 0 Å². The summed E-state index contributed by atoms with van der Waals surface area (Å²) in [5.74, 6) is 2.02. The number of rotatable bonds is 4. The molecule has 22 heavy (non-hydrogen) atoms. The molecule has 3 fully saturated rings. The van der Waals surface area contributed by atoms with Gasteiger partial charge in [0, 0.05) is 50.8 Å². The number of nitrogens with zero attached hydrogens (tertiary/aromatic N) is 4. The first kappa shape index (κ1) is 14.1. The molecule has 0 bridgehead atoms. The predicted octanol–water partition coefficient (Wildman–Crippen LogP) is 1.94. The van der Waals surface area contributed by atoms with Gasteiger partial charge in [-0.25, -0.2) is 9.97 Å². The number of carbonyl (C=O) groups is 1. The highest BCUT2D eigenvalue weighted by molar-refractivity contribution is 5.78. The number of hydrogen-bond donors (Lipinski definition) is 0. The van der Waals surface area contributed by atoms with Crippen molar-refractivity contribution < 1.29 is 4.79 Å². The second-order valence-corrected chi connectivity index (χ2v) is 6.88. The van der Waals surface area contributed by atoms with Crippen molar-refractivity contribution in [2.75, 3.05) is 19.6 Å². The van der Waals surface area contributed by atoms with Crippen LogP contribution in [0.3, 0.4) is 0 Å². The molecular formula is C17H24N4O. The normalized spacial score (nSPS) is 24.2. The first-order valence-corrected chi connectivity index (χ1v) is 8.63. The van der Waals surface area contributed by atoms with E-state index in [1.54, 1.807) is 0 Å². The van der Waals surface area contributed by atoms with Crippen molar-refractivity contribution in [3.8, 4) is 0 Å². The second-order valence-electron chi connectivity index (χ2n) is 6.88. The zero-order chi connectivity index (χ0) is 14.9. The number of carbonyl (C=O) groups excluding carboxylic acids is 1. The zero-order valence-corrected chi connectivity index (χ0v) is 13.1. The van der Waals surface area contributed by atoms with E-state index in [-0.39, 0.29) is 0 Å². The Balaban J connectivity index is 1.32. The van der Waals surface area contributed by atoms with Crippen LogP contribution in [-0.2, 0) is 11.3 Å². The molecule has 0 spiro atoms. The Morgan fingerprint density at radius 3 is 2.64 bits per heavy atom. The summed E-state index contributed by atoms with van der Waals surface area (Å²) in [6, 6.07) is 2.51. The molecule has 0 N–H and O–H groups in total. The quantitative estimate of drug-likeness (QED) is 0.852. The summed E-state index contributed by atoms with van der Waals surface area (Å²) in [5.41, 5.74) is 1.15. The molecule has 1 saturated carbocycles. The van der Waals surface area contributed by atoms with E-state index in [4.69, 9.17) is 4.98 Å². The highest BCUT2D eigenvalue weighted by atomic mass is 16.2. The molecule has 0 atom stereocenters. The maximum atomic E-state index is 11.8. The molecule has 2 saturated heterocycles. The maximum Gasteiger partial charge on any atom is 0.222 e. The van der Waals surface area contributed by atoms with Crippen LogP contribution >= 0.6 is 0 Å². The van der Waals surface area contributed by atoms with Gasteiger partial charge >= 0.3 is 0 Å². The fourth-order valence-corrected chi connectivity index (χ4v) is 3.71. The molecular weight excluding hydrogens is 276 g/mol. The van der Waals surface area contributed by atoms with Gasteiger partial charge in [-0.3, -0.25) is 9.69 Å². The molecule has 1 amide bonds. The van der Waals surface area contributed by atoms with Gasteiger partial charge in [-0.05, 0) is 38.2 Å². The Hall–Kier alpha value is -1.49. The lowest BCUT2D eigenvalue weighted by Gasteiger charge is -2.36. The van der Waals surface area contributed by atoms with Crippen LogP contribution in [0.2, 0.25) is 0 Å². The summed E-state index contributed by atoms with van der Waals surface area (Å²) >= 11 is 0. The summed E-state index contributed by atoms with van der Waals surface area (Å²) in [6.45, 7) is 4.03. The highest BCUT2D eigenvalue weighted by Gasteiger charge is 2.31. The fraction of sp³-hybridized carbons (Fsp3) is 0.706. The van der Waals surface area contributed by atoms with E-state index in [0.717, 1.165) is 63.4 Å². The average molecular weight is 300 g/mol. The average Bonchev–Trinajstić information content (AvgIpc) is 3.31. The molecule has 5 heteroatoms. The smallest absolute Gasteiger partial charge is 0.222 e. The molecule has 5 nitrogen and oxygen atoms in total. The molecule has 3 heterocycles. The SMILES string of the molecule is O=C1CCCN1C1CCN(Cc2ccnc(C3CC3)n2)CC1. The van der Waals surface area contributed by atoms with E-state index in [1.807, 2.05) is 12.3 Å². The number of likely N-dealkylation sites (tertiary alicyclic amines) is 2. The summed E-state index contributed by atoms with van der Waals surface area (Å²) < 4.78 is 0. The Morgan fingerprint density at radius 1 is 1.14 bits per heavy atom. The largest absolute Gasteiger partial charge is 0.340 e. The molecule has 3 aliphatic rings. The summed E-state index contributed by atoms with van der Waals surface area (Å²) in [6.07, 6.45) is 8.41. The minimum absolute atomic E-state index is 0.364. The Bertz CT molecular complexity index is 549. The summed E-state index contributed by atoms with van der Waals surface area (Å²) in [5, 5.41) is 0.